The summed E-state index contributed by atoms with van der Waals surface area (Å²) in [6, 6.07) is 6.13. The van der Waals surface area contributed by atoms with Gasteiger partial charge in [-0.05, 0) is 17.7 Å². The van der Waals surface area contributed by atoms with E-state index < -0.39 is 17.4 Å². The first-order chi connectivity index (χ1) is 9.50. The second kappa shape index (κ2) is 6.62. The first-order valence-corrected chi connectivity index (χ1v) is 5.88. The zero-order chi connectivity index (χ0) is 15.2. The first-order valence-electron chi connectivity index (χ1n) is 5.88. The largest absolute Gasteiger partial charge is 0.508 e. The van der Waals surface area contributed by atoms with Crippen LogP contribution in [0.3, 0.4) is 0 Å². The number of hydrogen-bond acceptors (Lipinski definition) is 5. The number of rotatable bonds is 5. The van der Waals surface area contributed by atoms with Gasteiger partial charge in [0.05, 0.1) is 14.2 Å². The Morgan fingerprint density at radius 2 is 1.70 bits per heavy atom. The van der Waals surface area contributed by atoms with Gasteiger partial charge in [-0.2, -0.15) is 0 Å². The van der Waals surface area contributed by atoms with Crippen LogP contribution in [0.25, 0.3) is 0 Å². The molecule has 0 fully saturated rings. The van der Waals surface area contributed by atoms with Crippen LogP contribution in [-0.4, -0.2) is 31.3 Å². The number of terminal acetylenes is 1. The molecule has 1 aromatic carbocycles. The summed E-state index contributed by atoms with van der Waals surface area (Å²) in [6.07, 6.45) is 5.18. The molecule has 106 valence electrons. The molecule has 0 aliphatic rings. The van der Waals surface area contributed by atoms with Gasteiger partial charge >= 0.3 is 11.9 Å². The quantitative estimate of drug-likeness (QED) is 0.498. The molecule has 0 atom stereocenters. The summed E-state index contributed by atoms with van der Waals surface area (Å²) >= 11 is 0. The molecule has 0 aromatic heterocycles. The Hall–Kier alpha value is -2.48. The fourth-order valence-corrected chi connectivity index (χ4v) is 1.96. The summed E-state index contributed by atoms with van der Waals surface area (Å²) in [6.45, 7) is 0. The smallest absolute Gasteiger partial charge is 0.324 e. The van der Waals surface area contributed by atoms with E-state index in [-0.39, 0.29) is 18.6 Å². The van der Waals surface area contributed by atoms with Crippen molar-refractivity contribution in [3.05, 3.63) is 29.8 Å². The molecular weight excluding hydrogens is 260 g/mol. The van der Waals surface area contributed by atoms with Crippen LogP contribution in [-0.2, 0) is 25.5 Å². The molecule has 5 nitrogen and oxygen atoms in total. The number of methoxy groups -OCH3 is 2. The van der Waals surface area contributed by atoms with E-state index in [1.54, 1.807) is 12.1 Å². The molecule has 0 aliphatic carbocycles. The van der Waals surface area contributed by atoms with Crippen LogP contribution in [0.15, 0.2) is 24.3 Å². The van der Waals surface area contributed by atoms with E-state index in [2.05, 4.69) is 5.92 Å². The average Bonchev–Trinajstić information content (AvgIpc) is 2.47. The van der Waals surface area contributed by atoms with Crippen LogP contribution in [0.1, 0.15) is 12.0 Å². The minimum Gasteiger partial charge on any atom is -0.508 e. The second-order valence-corrected chi connectivity index (χ2v) is 4.29. The molecule has 0 unspecified atom stereocenters. The standard InChI is InChI=1S/C15H16O5/c1-4-9-15(13(17)19-2,14(18)20-3)10-11-5-7-12(16)8-6-11/h1,5-8,16H,9-10H2,2-3H3. The summed E-state index contributed by atoms with van der Waals surface area (Å²) < 4.78 is 9.40. The molecular formula is C15H16O5. The molecule has 0 amide bonds. The van der Waals surface area contributed by atoms with Crippen LogP contribution in [0.4, 0.5) is 0 Å². The second-order valence-electron chi connectivity index (χ2n) is 4.29. The number of phenolic OH excluding ortho intramolecular Hbond substituents is 1. The van der Waals surface area contributed by atoms with E-state index >= 15 is 0 Å². The van der Waals surface area contributed by atoms with Gasteiger partial charge in [0.25, 0.3) is 0 Å². The number of carbonyl (C=O) groups excluding carboxylic acids is 2. The van der Waals surface area contributed by atoms with E-state index in [0.717, 1.165) is 0 Å². The van der Waals surface area contributed by atoms with Gasteiger partial charge in [-0.15, -0.1) is 12.3 Å². The molecule has 20 heavy (non-hydrogen) atoms. The maximum atomic E-state index is 12.0. The molecule has 1 N–H and O–H groups in total. The van der Waals surface area contributed by atoms with Gasteiger partial charge in [-0.1, -0.05) is 12.1 Å². The van der Waals surface area contributed by atoms with Crippen molar-refractivity contribution in [2.75, 3.05) is 14.2 Å². The van der Waals surface area contributed by atoms with Crippen LogP contribution in [0.2, 0.25) is 0 Å². The summed E-state index contributed by atoms with van der Waals surface area (Å²) in [5, 5.41) is 9.25. The van der Waals surface area contributed by atoms with Gasteiger partial charge < -0.3 is 14.6 Å². The van der Waals surface area contributed by atoms with Gasteiger partial charge in [0.15, 0.2) is 5.41 Å². The highest BCUT2D eigenvalue weighted by Gasteiger charge is 2.48. The van der Waals surface area contributed by atoms with Crippen molar-refractivity contribution < 1.29 is 24.2 Å². The summed E-state index contributed by atoms with van der Waals surface area (Å²) in [4.78, 5) is 24.1. The lowest BCUT2D eigenvalue weighted by molar-refractivity contribution is -0.168. The number of phenols is 1. The zero-order valence-corrected chi connectivity index (χ0v) is 11.4. The lowest BCUT2D eigenvalue weighted by atomic mass is 9.78. The van der Waals surface area contributed by atoms with Crippen molar-refractivity contribution >= 4 is 11.9 Å². The molecule has 0 saturated carbocycles. The molecule has 0 spiro atoms. The predicted molar refractivity (Wildman–Crippen MR) is 71.7 cm³/mol. The Bertz CT molecular complexity index is 508. The lowest BCUT2D eigenvalue weighted by Gasteiger charge is -2.26. The molecule has 0 bridgehead atoms. The molecule has 5 heteroatoms. The van der Waals surface area contributed by atoms with Crippen LogP contribution in [0.5, 0.6) is 5.75 Å². The third kappa shape index (κ3) is 3.09. The summed E-state index contributed by atoms with van der Waals surface area (Å²) in [7, 11) is 2.38. The molecule has 0 saturated heterocycles. The molecule has 1 aromatic rings. The van der Waals surface area contributed by atoms with Crippen molar-refractivity contribution in [3.8, 4) is 18.1 Å². The van der Waals surface area contributed by atoms with Crippen molar-refractivity contribution in [2.24, 2.45) is 5.41 Å². The Labute approximate surface area is 117 Å². The summed E-state index contributed by atoms with van der Waals surface area (Å²) in [5.41, 5.74) is -0.913. The fraction of sp³-hybridized carbons (Fsp3) is 0.333. The van der Waals surface area contributed by atoms with Crippen LogP contribution < -0.4 is 0 Å². The zero-order valence-electron chi connectivity index (χ0n) is 11.4. The fourth-order valence-electron chi connectivity index (χ4n) is 1.96. The van der Waals surface area contributed by atoms with Crippen molar-refractivity contribution in [1.29, 1.82) is 0 Å². The maximum absolute atomic E-state index is 12.0. The topological polar surface area (TPSA) is 72.8 Å². The highest BCUT2D eigenvalue weighted by Crippen LogP contribution is 2.31. The molecule has 1 rings (SSSR count). The number of esters is 2. The normalized spacial score (nSPS) is 10.4. The number of benzene rings is 1. The van der Waals surface area contributed by atoms with E-state index in [1.807, 2.05) is 0 Å². The highest BCUT2D eigenvalue weighted by molar-refractivity contribution is 6.00. The van der Waals surface area contributed by atoms with Crippen LogP contribution in [0, 0.1) is 17.8 Å². The minimum atomic E-state index is -1.57. The number of carbonyl (C=O) groups is 2. The Morgan fingerprint density at radius 1 is 1.20 bits per heavy atom. The molecule has 0 aliphatic heterocycles. The third-order valence-electron chi connectivity index (χ3n) is 3.00. The van der Waals surface area contributed by atoms with E-state index in [1.165, 1.54) is 26.4 Å². The van der Waals surface area contributed by atoms with Gasteiger partial charge in [-0.3, -0.25) is 9.59 Å². The average molecular weight is 276 g/mol. The van der Waals surface area contributed by atoms with E-state index in [0.29, 0.717) is 5.56 Å². The number of aromatic hydroxyl groups is 1. The van der Waals surface area contributed by atoms with Gasteiger partial charge in [0.2, 0.25) is 0 Å². The van der Waals surface area contributed by atoms with Crippen molar-refractivity contribution in [2.45, 2.75) is 12.8 Å². The van der Waals surface area contributed by atoms with E-state index in [4.69, 9.17) is 15.9 Å². The van der Waals surface area contributed by atoms with Crippen molar-refractivity contribution in [1.82, 2.24) is 0 Å². The summed E-state index contributed by atoms with van der Waals surface area (Å²) in [5.74, 6) is 0.929. The molecule has 0 heterocycles. The third-order valence-corrected chi connectivity index (χ3v) is 3.00. The van der Waals surface area contributed by atoms with Crippen LogP contribution >= 0.6 is 0 Å². The maximum Gasteiger partial charge on any atom is 0.324 e. The lowest BCUT2D eigenvalue weighted by Crippen LogP contribution is -2.43. The van der Waals surface area contributed by atoms with Gasteiger partial charge in [0, 0.05) is 12.8 Å². The Kier molecular flexibility index (Phi) is 5.15. The highest BCUT2D eigenvalue weighted by atomic mass is 16.5. The number of ether oxygens (including phenoxy) is 2. The molecule has 0 radical (unpaired) electrons. The first kappa shape index (κ1) is 15.6. The van der Waals surface area contributed by atoms with Gasteiger partial charge in [-0.25, -0.2) is 0 Å². The monoisotopic (exact) mass is 276 g/mol. The number of hydrogen-bond donors (Lipinski definition) is 1. The SMILES string of the molecule is C#CCC(Cc1ccc(O)cc1)(C(=O)OC)C(=O)OC. The predicted octanol–water partition coefficient (Wildman–Crippen LogP) is 1.29. The Balaban J connectivity index is 3.21. The Morgan fingerprint density at radius 3 is 2.10 bits per heavy atom. The van der Waals surface area contributed by atoms with Gasteiger partial charge in [0.1, 0.15) is 5.75 Å². The van der Waals surface area contributed by atoms with Crippen molar-refractivity contribution in [3.63, 3.8) is 0 Å². The van der Waals surface area contributed by atoms with E-state index in [9.17, 15) is 14.7 Å². The minimum absolute atomic E-state index is 0.0385.